The number of ketones is 1. The van der Waals surface area contributed by atoms with Gasteiger partial charge in [0.2, 0.25) is 17.6 Å². The maximum atomic E-state index is 12.8. The van der Waals surface area contributed by atoms with Crippen molar-refractivity contribution in [2.24, 2.45) is 106 Å². The van der Waals surface area contributed by atoms with Gasteiger partial charge in [0.15, 0.2) is 5.54 Å². The van der Waals surface area contributed by atoms with Crippen LogP contribution in [-0.4, -0.2) is 203 Å². The van der Waals surface area contributed by atoms with E-state index < -0.39 is 135 Å². The fourth-order valence-electron chi connectivity index (χ4n) is 11.5. The number of aliphatic hydroxyl groups is 2. The lowest BCUT2D eigenvalue weighted by Gasteiger charge is -2.39. The lowest BCUT2D eigenvalue weighted by Crippen LogP contribution is -2.79. The Kier molecular flexibility index (Phi) is 57.9. The van der Waals surface area contributed by atoms with Gasteiger partial charge in [0.25, 0.3) is 0 Å². The van der Waals surface area contributed by atoms with Crippen LogP contribution >= 0.6 is 0 Å². The Labute approximate surface area is 773 Å². The molecule has 6 heterocycles. The van der Waals surface area contributed by atoms with Crippen molar-refractivity contribution >= 4 is 93.0 Å². The van der Waals surface area contributed by atoms with E-state index in [9.17, 15) is 86.3 Å². The minimum Gasteiger partial charge on any atom is -0.466 e. The fourth-order valence-corrected chi connectivity index (χ4v) is 16.5. The minimum atomic E-state index is -4.24. The Morgan fingerprint density at radius 1 is 0.667 bits per heavy atom. The van der Waals surface area contributed by atoms with Gasteiger partial charge in [-0.2, -0.15) is 43.7 Å². The molecule has 0 aromatic carbocycles. The van der Waals surface area contributed by atoms with Gasteiger partial charge >= 0.3 is 87.2 Å². The third-order valence-electron chi connectivity index (χ3n) is 19.3. The number of ether oxygens (including phenoxy) is 5. The second kappa shape index (κ2) is 58.5. The van der Waals surface area contributed by atoms with Crippen LogP contribution in [0.4, 0.5) is 4.79 Å². The van der Waals surface area contributed by atoms with E-state index in [2.05, 4.69) is 82.0 Å². The molecule has 0 aromatic heterocycles. The van der Waals surface area contributed by atoms with Crippen molar-refractivity contribution in [3.63, 3.8) is 0 Å². The van der Waals surface area contributed by atoms with Crippen molar-refractivity contribution in [1.29, 1.82) is 5.26 Å². The molecule has 6 aliphatic rings. The standard InChI is InChI=1S/C18H30N2O4.C12H20N2O6S.C11H19NO5S.C10H19NO4S.C9H15NO3S.C7H12O2.C6H8O.C5H11NO3S.2C5H10/c1-11(2)13(4)18(19-9)15(23-14(5)21)12(3)10-20(18)16(22)24-17(6,7)8;1-7(2)10(16)12(6-13)11(20-9(4)15)8(3)5-19-21(17,18)14-12;1-7(2)5-10-11(17-9(4)13)8(3)6-16-18(14,15)12-10;1-6(2)10(12)9-8(4)7(3)5-15-16(13,14)11-9;1-6(2)4-8-9-7(3)5-13-14(11,12)10(8)9;1-4-6(3)7(8)9-5-2;1-4-6(7)5(2)3;1-3-5(2)4-9-10(6,7)8;2*1-4-5(2)3/h11-13,15H,10H2,1-8H3;7-8,10-11,14,16H,5H2,1-4H3;5,7-8,11-12H,6H2,1-4H3;6-8,10,12H,5H2,1-4H3;4,6-7,9H,5H2,1-3H3;4,6H,1,5H2,2-3H3;1,5H,2-3H3;3,5H,1,4H2,2H3,(H2,6,7,8);2*4-5H,1H2,2-3H3/p+1/b;;10-5+;;8-4+;;;;;/t12-,13-,15+,18+;8-,10-,11+,12-;8-,11+;7-,8?,10+;7-,9-,10?;6-;;5-;;/m000101.1../s1. The molecule has 7 N–H and O–H groups in total. The summed E-state index contributed by atoms with van der Waals surface area (Å²) in [5.74, 6) is 0.462. The van der Waals surface area contributed by atoms with Crippen molar-refractivity contribution in [1.82, 2.24) is 18.6 Å². The number of terminal acetylenes is 1. The van der Waals surface area contributed by atoms with Crippen LogP contribution < -0.4 is 19.0 Å². The molecule has 41 heteroatoms. The van der Waals surface area contributed by atoms with E-state index in [-0.39, 0.29) is 115 Å². The molecule has 0 aliphatic carbocycles. The topological polar surface area (TPSA) is 504 Å². The maximum Gasteiger partial charge on any atom is 0.506 e. The smallest absolute Gasteiger partial charge is 0.466 e. The van der Waals surface area contributed by atoms with E-state index in [0.29, 0.717) is 48.9 Å². The number of carbonyl (C=O) groups is 6. The summed E-state index contributed by atoms with van der Waals surface area (Å²) < 4.78 is 170. The average Bonchev–Trinajstić information content (AvgIpc) is 1.56. The number of likely N-dealkylation sites (tertiary alicyclic amines) is 1. The molecule has 0 radical (unpaired) electrons. The predicted octanol–water partition coefficient (Wildman–Crippen LogP) is 10.5. The summed E-state index contributed by atoms with van der Waals surface area (Å²) in [6, 6.07) is 1.85. The number of nitriles is 1. The summed E-state index contributed by atoms with van der Waals surface area (Å²) in [6.07, 6.45) is 10.3. The molecule has 0 aromatic rings. The molecule has 0 spiro atoms. The molecule has 1 unspecified atom stereocenters. The first kappa shape index (κ1) is 128. The molecule has 0 bridgehead atoms. The van der Waals surface area contributed by atoms with Crippen LogP contribution in [-0.2, 0) is 120 Å². The number of nitrogens with zero attached hydrogens (tertiary/aromatic N) is 4. The summed E-state index contributed by atoms with van der Waals surface area (Å²) in [7, 11) is -19.1. The number of Topliss-reactive ketones (excluding diaryl/α,β-unsaturated/α-hetero) is 1. The van der Waals surface area contributed by atoms with Gasteiger partial charge in [-0.25, -0.2) is 29.9 Å². The third kappa shape index (κ3) is 47.6. The number of allylic oxidation sites excluding steroid dienone is 4. The lowest BCUT2D eigenvalue weighted by atomic mass is 9.78. The van der Waals surface area contributed by atoms with E-state index in [4.69, 9.17) is 48.7 Å². The van der Waals surface area contributed by atoms with E-state index in [1.165, 1.54) is 23.1 Å². The molecule has 1 amide bonds. The van der Waals surface area contributed by atoms with Crippen LogP contribution in [0, 0.1) is 131 Å². The van der Waals surface area contributed by atoms with Gasteiger partial charge in [0, 0.05) is 62.8 Å². The van der Waals surface area contributed by atoms with Crippen LogP contribution in [0.3, 0.4) is 0 Å². The van der Waals surface area contributed by atoms with Gasteiger partial charge in [-0.15, -0.1) is 45.6 Å². The van der Waals surface area contributed by atoms with Crippen LogP contribution in [0.5, 0.6) is 0 Å². The Morgan fingerprint density at radius 3 is 1.50 bits per heavy atom. The SMILES string of the molecule is C#CC(=O)C(C)C.C=CC(C)C.C=CC(C)C.C=C[C@@H](C)C(=O)OCC.C=C[C@@H](C)COS(N)(=O)=O.CC(=O)O[C@@H]1[C@@H](C)COS(=O)(=O)N[C@@]1(C#N)[C@@H](O)C(C)C.CC(=O)O[C@H]1/C(=C\C(C)C)NS(=O)(=O)OC[C@@H]1C.CC(C)/C=C1\[C@@H]2[C@@H](C)COS(=O)(=O)N12.CC1C([C@@H](O)C(C)C)=[NH+]S(=O)(=O)OC[C@H]1C.[C-]#[N+][C@@]1([C@@H](C)C(C)C)[C@H](OC(C)=O)[C@@H](C)CN1C(=O)OC(C)(C)C. The molecule has 744 valence electrons. The van der Waals surface area contributed by atoms with E-state index in [1.807, 2.05) is 119 Å². The van der Waals surface area contributed by atoms with Crippen molar-refractivity contribution in [2.75, 3.05) is 46.2 Å². The quantitative estimate of drug-likeness (QED) is 0.0118. The minimum absolute atomic E-state index is 0.00155. The van der Waals surface area contributed by atoms with Crippen LogP contribution in [0.1, 0.15) is 222 Å². The first-order chi connectivity index (χ1) is 58.7. The van der Waals surface area contributed by atoms with Crippen LogP contribution in [0.2, 0.25) is 0 Å². The van der Waals surface area contributed by atoms with Gasteiger partial charge in [-0.05, 0) is 93.8 Å². The van der Waals surface area contributed by atoms with Crippen molar-refractivity contribution in [3.8, 4) is 18.4 Å². The summed E-state index contributed by atoms with van der Waals surface area (Å²) >= 11 is 0. The van der Waals surface area contributed by atoms with E-state index in [1.54, 1.807) is 107 Å². The average molecular weight is 1930 g/mol. The first-order valence-electron chi connectivity index (χ1n) is 42.7. The summed E-state index contributed by atoms with van der Waals surface area (Å²) in [6.45, 7) is 81.1. The van der Waals surface area contributed by atoms with Gasteiger partial charge in [0.1, 0.15) is 23.9 Å². The maximum absolute atomic E-state index is 12.8. The number of hydrogen-bond acceptors (Lipinski definition) is 29. The Hall–Kier alpha value is -7.54. The normalized spacial score (nSPS) is 26.1. The first-order valence-corrected chi connectivity index (χ1v) is 49.8. The van der Waals surface area contributed by atoms with Crippen LogP contribution in [0.15, 0.2) is 74.2 Å². The van der Waals surface area contributed by atoms with Gasteiger partial charge in [-0.1, -0.05) is 203 Å². The molecule has 5 saturated heterocycles. The second-order valence-corrected chi connectivity index (χ2v) is 42.4. The molecule has 36 nitrogen and oxygen atoms in total. The largest absolute Gasteiger partial charge is 0.506 e. The summed E-state index contributed by atoms with van der Waals surface area (Å²) in [4.78, 5) is 73.0. The number of amides is 1. The molecule has 5 fully saturated rings. The Balaban J connectivity index is -0.000000696. The summed E-state index contributed by atoms with van der Waals surface area (Å²) in [5, 5.41) is 34.4. The fraction of sp³-hybridized carbons (Fsp3) is 0.739. The molecule has 17 atom stereocenters. The van der Waals surface area contributed by atoms with E-state index in [0.717, 1.165) is 12.6 Å². The highest BCUT2D eigenvalue weighted by atomic mass is 32.3. The number of rotatable bonds is 21. The molecule has 6 aliphatic heterocycles. The Morgan fingerprint density at radius 2 is 1.13 bits per heavy atom. The number of esters is 4. The lowest BCUT2D eigenvalue weighted by molar-refractivity contribution is -0.290. The number of aliphatic hydroxyl groups excluding tert-OH is 2. The zero-order valence-electron chi connectivity index (χ0n) is 82.0. The van der Waals surface area contributed by atoms with Crippen molar-refractivity contribution in [2.45, 2.75) is 275 Å². The van der Waals surface area contributed by atoms with Gasteiger partial charge in [0.05, 0.1) is 81.1 Å². The van der Waals surface area contributed by atoms with E-state index >= 15 is 0 Å². The van der Waals surface area contributed by atoms with Gasteiger partial charge in [-0.3, -0.25) is 50.3 Å². The molecule has 129 heavy (non-hydrogen) atoms. The number of nitrogens with one attached hydrogen (secondary N) is 3. The molecule has 0 saturated carbocycles. The van der Waals surface area contributed by atoms with Crippen LogP contribution in [0.25, 0.3) is 4.85 Å². The number of carbonyl (C=O) groups excluding carboxylic acids is 6. The third-order valence-corrected chi connectivity index (χ3v) is 24.0. The van der Waals surface area contributed by atoms with Crippen molar-refractivity contribution in [3.05, 3.63) is 85.6 Å². The highest BCUT2D eigenvalue weighted by Gasteiger charge is 2.67. The molecular weight excluding hydrogens is 1780 g/mol. The highest BCUT2D eigenvalue weighted by Crippen LogP contribution is 2.47. The highest BCUT2D eigenvalue weighted by molar-refractivity contribution is 7.85. The zero-order chi connectivity index (χ0) is 102. The predicted molar refractivity (Wildman–Crippen MR) is 494 cm³/mol. The second-order valence-electron chi connectivity index (χ2n) is 35.7. The number of hydrogen-bond donors (Lipinski definition) is 6. The summed E-state index contributed by atoms with van der Waals surface area (Å²) in [5.41, 5.74) is -2.22. The Bertz CT molecular complexity index is 4410. The van der Waals surface area contributed by atoms with Crippen molar-refractivity contribution < 1.29 is 130 Å². The molecule has 6 rings (SSSR count). The zero-order valence-corrected chi connectivity index (χ0v) is 86.1. The monoisotopic (exact) mass is 1930 g/mol. The number of fused-ring (bicyclic) bond motifs is 1. The number of nitrogens with two attached hydrogens (primary N) is 1. The molecular formula is C88H155N8O28S5+. The van der Waals surface area contributed by atoms with Gasteiger partial charge < -0.3 is 33.9 Å².